The van der Waals surface area contributed by atoms with E-state index >= 15 is 0 Å². The van der Waals surface area contributed by atoms with Crippen LogP contribution >= 0.6 is 11.6 Å². The molecule has 0 fully saturated rings. The molecule has 2 N–H and O–H groups in total. The average Bonchev–Trinajstić information content (AvgIpc) is 2.69. The fourth-order valence-corrected chi connectivity index (χ4v) is 3.66. The van der Waals surface area contributed by atoms with Crippen LogP contribution in [-0.4, -0.2) is 14.0 Å². The Hall–Kier alpha value is -1.33. The first-order valence-corrected chi connectivity index (χ1v) is 7.68. The number of aryl methyl sites for hydroxylation is 2. The van der Waals surface area contributed by atoms with Crippen molar-refractivity contribution in [1.82, 2.24) is 9.78 Å². The Labute approximate surface area is 120 Å². The number of hydrogen-bond donors (Lipinski definition) is 1. The van der Waals surface area contributed by atoms with Crippen LogP contribution < -0.4 is 5.73 Å². The predicted molar refractivity (Wildman–Crippen MR) is 78.6 cm³/mol. The van der Waals surface area contributed by atoms with E-state index in [-0.39, 0.29) is 0 Å². The summed E-state index contributed by atoms with van der Waals surface area (Å²) >= 11 is 6.07. The first-order chi connectivity index (χ1) is 9.02. The second-order valence-corrected chi connectivity index (χ2v) is 6.04. The van der Waals surface area contributed by atoms with Gasteiger partial charge in [-0.15, -0.1) is 0 Å². The number of nitrogen functional groups attached to an aromatic ring is 1. The summed E-state index contributed by atoms with van der Waals surface area (Å²) in [5.41, 5.74) is 8.16. The SMILES string of the molecule is CCn1nc(C)cc1CS(=O)c1c(N)cccc1Cl. The molecule has 0 aliphatic heterocycles. The predicted octanol–water partition coefficient (Wildman–Crippen LogP) is 2.75. The number of anilines is 1. The highest BCUT2D eigenvalue weighted by Gasteiger charge is 2.15. The minimum absolute atomic E-state index is 0.364. The first kappa shape index (κ1) is 14.1. The summed E-state index contributed by atoms with van der Waals surface area (Å²) in [4.78, 5) is 0.505. The van der Waals surface area contributed by atoms with Crippen molar-refractivity contribution in [3.05, 3.63) is 40.7 Å². The van der Waals surface area contributed by atoms with Gasteiger partial charge in [-0.2, -0.15) is 5.10 Å². The van der Waals surface area contributed by atoms with E-state index in [1.165, 1.54) is 0 Å². The number of nitrogens with zero attached hydrogens (tertiary/aromatic N) is 2. The lowest BCUT2D eigenvalue weighted by atomic mass is 10.3. The molecule has 1 aromatic carbocycles. The normalized spacial score (nSPS) is 12.6. The Balaban J connectivity index is 2.31. The van der Waals surface area contributed by atoms with Gasteiger partial charge >= 0.3 is 0 Å². The maximum Gasteiger partial charge on any atom is 0.0807 e. The van der Waals surface area contributed by atoms with Crippen molar-refractivity contribution in [2.24, 2.45) is 0 Å². The lowest BCUT2D eigenvalue weighted by molar-refractivity contribution is 0.627. The summed E-state index contributed by atoms with van der Waals surface area (Å²) < 4.78 is 14.3. The molecule has 4 nitrogen and oxygen atoms in total. The Kier molecular flexibility index (Phi) is 4.27. The molecule has 0 spiro atoms. The van der Waals surface area contributed by atoms with Crippen molar-refractivity contribution in [3.8, 4) is 0 Å². The number of aromatic nitrogens is 2. The van der Waals surface area contributed by atoms with Gasteiger partial charge in [0.1, 0.15) is 0 Å². The Morgan fingerprint density at radius 2 is 2.21 bits per heavy atom. The van der Waals surface area contributed by atoms with E-state index in [4.69, 9.17) is 17.3 Å². The summed E-state index contributed by atoms with van der Waals surface area (Å²) in [6.45, 7) is 4.67. The van der Waals surface area contributed by atoms with Crippen LogP contribution in [0, 0.1) is 6.92 Å². The fourth-order valence-electron chi connectivity index (χ4n) is 1.96. The zero-order valence-electron chi connectivity index (χ0n) is 10.9. The third kappa shape index (κ3) is 2.98. The van der Waals surface area contributed by atoms with Gasteiger partial charge < -0.3 is 5.73 Å². The van der Waals surface area contributed by atoms with Crippen molar-refractivity contribution < 1.29 is 4.21 Å². The van der Waals surface area contributed by atoms with Gasteiger partial charge in [-0.25, -0.2) is 0 Å². The summed E-state index contributed by atoms with van der Waals surface area (Å²) in [5.74, 6) is 0.364. The highest BCUT2D eigenvalue weighted by Crippen LogP contribution is 2.27. The third-order valence-corrected chi connectivity index (χ3v) is 4.69. The van der Waals surface area contributed by atoms with Gasteiger partial charge in [-0.1, -0.05) is 17.7 Å². The topological polar surface area (TPSA) is 60.9 Å². The van der Waals surface area contributed by atoms with Gasteiger partial charge in [0.2, 0.25) is 0 Å². The van der Waals surface area contributed by atoms with Crippen LogP contribution in [0.2, 0.25) is 5.02 Å². The molecule has 1 heterocycles. The number of rotatable bonds is 4. The lowest BCUT2D eigenvalue weighted by Gasteiger charge is -2.08. The van der Waals surface area contributed by atoms with Gasteiger partial charge in [0.05, 0.1) is 37.9 Å². The number of benzene rings is 1. The van der Waals surface area contributed by atoms with E-state index in [1.807, 2.05) is 24.6 Å². The smallest absolute Gasteiger partial charge is 0.0807 e. The van der Waals surface area contributed by atoms with E-state index in [1.54, 1.807) is 18.2 Å². The van der Waals surface area contributed by atoms with Crippen molar-refractivity contribution in [2.75, 3.05) is 5.73 Å². The quantitative estimate of drug-likeness (QED) is 0.883. The Bertz CT molecular complexity index is 604. The second-order valence-electron chi connectivity index (χ2n) is 4.24. The zero-order chi connectivity index (χ0) is 14.0. The van der Waals surface area contributed by atoms with E-state index in [0.29, 0.717) is 21.4 Å². The summed E-state index contributed by atoms with van der Waals surface area (Å²) in [7, 11) is -1.27. The molecule has 2 aromatic rings. The highest BCUT2D eigenvalue weighted by atomic mass is 35.5. The zero-order valence-corrected chi connectivity index (χ0v) is 12.5. The molecular formula is C13H16ClN3OS. The van der Waals surface area contributed by atoms with Crippen LogP contribution in [0.5, 0.6) is 0 Å². The van der Waals surface area contributed by atoms with Crippen LogP contribution in [0.4, 0.5) is 5.69 Å². The van der Waals surface area contributed by atoms with Gasteiger partial charge in [0, 0.05) is 12.2 Å². The van der Waals surface area contributed by atoms with Crippen LogP contribution in [0.25, 0.3) is 0 Å². The van der Waals surface area contributed by atoms with Crippen LogP contribution in [0.15, 0.2) is 29.2 Å². The highest BCUT2D eigenvalue weighted by molar-refractivity contribution is 7.84. The lowest BCUT2D eigenvalue weighted by Crippen LogP contribution is -2.07. The van der Waals surface area contributed by atoms with Gasteiger partial charge in [-0.05, 0) is 32.0 Å². The molecule has 6 heteroatoms. The van der Waals surface area contributed by atoms with Crippen molar-refractivity contribution in [2.45, 2.75) is 31.0 Å². The molecule has 0 amide bonds. The molecule has 1 atom stereocenters. The minimum atomic E-state index is -1.27. The summed E-state index contributed by atoms with van der Waals surface area (Å²) in [6, 6.07) is 7.10. The van der Waals surface area contributed by atoms with E-state index in [9.17, 15) is 4.21 Å². The maximum atomic E-state index is 12.4. The molecule has 0 aliphatic carbocycles. The number of halogens is 1. The monoisotopic (exact) mass is 297 g/mol. The molecule has 0 radical (unpaired) electrons. The van der Waals surface area contributed by atoms with Crippen LogP contribution in [0.3, 0.4) is 0 Å². The standard InChI is InChI=1S/C13H16ClN3OS/c1-3-17-10(7-9(2)16-17)8-19(18)13-11(14)5-4-6-12(13)15/h4-7H,3,8,15H2,1-2H3. The molecule has 1 aromatic heterocycles. The number of nitrogens with two attached hydrogens (primary N) is 1. The second kappa shape index (κ2) is 5.75. The molecule has 0 saturated heterocycles. The summed E-state index contributed by atoms with van der Waals surface area (Å²) in [5, 5.41) is 4.78. The first-order valence-electron chi connectivity index (χ1n) is 5.98. The molecule has 0 aliphatic rings. The van der Waals surface area contributed by atoms with Gasteiger partial charge in [0.15, 0.2) is 0 Å². The van der Waals surface area contributed by atoms with E-state index < -0.39 is 10.8 Å². The molecule has 19 heavy (non-hydrogen) atoms. The molecule has 0 bridgehead atoms. The van der Waals surface area contributed by atoms with E-state index in [2.05, 4.69) is 5.10 Å². The average molecular weight is 298 g/mol. The molecular weight excluding hydrogens is 282 g/mol. The maximum absolute atomic E-state index is 12.4. The van der Waals surface area contributed by atoms with Crippen molar-refractivity contribution in [3.63, 3.8) is 0 Å². The fraction of sp³-hybridized carbons (Fsp3) is 0.308. The van der Waals surface area contributed by atoms with E-state index in [0.717, 1.165) is 17.9 Å². The molecule has 0 saturated carbocycles. The molecule has 102 valence electrons. The Morgan fingerprint density at radius 1 is 1.47 bits per heavy atom. The number of hydrogen-bond acceptors (Lipinski definition) is 3. The van der Waals surface area contributed by atoms with Gasteiger partial charge in [-0.3, -0.25) is 8.89 Å². The third-order valence-electron chi connectivity index (χ3n) is 2.79. The van der Waals surface area contributed by atoms with Gasteiger partial charge in [0.25, 0.3) is 0 Å². The van der Waals surface area contributed by atoms with Crippen LogP contribution in [0.1, 0.15) is 18.3 Å². The summed E-state index contributed by atoms with van der Waals surface area (Å²) in [6.07, 6.45) is 0. The molecule has 2 rings (SSSR count). The minimum Gasteiger partial charge on any atom is -0.398 e. The molecule has 1 unspecified atom stereocenters. The Morgan fingerprint density at radius 3 is 2.84 bits per heavy atom. The van der Waals surface area contributed by atoms with Crippen molar-refractivity contribution >= 4 is 28.1 Å². The van der Waals surface area contributed by atoms with Crippen molar-refractivity contribution in [1.29, 1.82) is 0 Å². The largest absolute Gasteiger partial charge is 0.398 e. The van der Waals surface area contributed by atoms with Crippen LogP contribution in [-0.2, 0) is 23.1 Å².